The van der Waals surface area contributed by atoms with Crippen LogP contribution in [0.3, 0.4) is 0 Å². The topological polar surface area (TPSA) is 55.6 Å². The van der Waals surface area contributed by atoms with E-state index >= 15 is 0 Å². The zero-order valence-electron chi connectivity index (χ0n) is 8.67. The van der Waals surface area contributed by atoms with Crippen LogP contribution in [0.5, 0.6) is 0 Å². The molecule has 2 rings (SSSR count). The number of aromatic nitrogens is 4. The van der Waals surface area contributed by atoms with Crippen molar-refractivity contribution in [2.24, 2.45) is 0 Å². The van der Waals surface area contributed by atoms with Crippen molar-refractivity contribution in [1.82, 2.24) is 25.3 Å². The summed E-state index contributed by atoms with van der Waals surface area (Å²) in [4.78, 5) is 4.01. The average molecular weight is 238 g/mol. The lowest BCUT2D eigenvalue weighted by Gasteiger charge is -2.05. The standard InChI is InChI=1S/C10H12ClN5/c11-10-9(2-1-3-13-10)8-12-4-6-16-7-5-14-15-16/h1-3,5,7,12H,4,6,8H2. The third-order valence-corrected chi connectivity index (χ3v) is 2.48. The molecule has 2 aromatic rings. The second kappa shape index (κ2) is 5.58. The monoisotopic (exact) mass is 237 g/mol. The fourth-order valence-corrected chi connectivity index (χ4v) is 1.51. The van der Waals surface area contributed by atoms with Gasteiger partial charge in [-0.05, 0) is 6.07 Å². The predicted molar refractivity (Wildman–Crippen MR) is 61.0 cm³/mol. The fraction of sp³-hybridized carbons (Fsp3) is 0.300. The second-order valence-corrected chi connectivity index (χ2v) is 3.65. The minimum Gasteiger partial charge on any atom is -0.311 e. The number of nitrogens with one attached hydrogen (secondary N) is 1. The SMILES string of the molecule is Clc1ncccc1CNCCn1ccnn1. The third-order valence-electron chi connectivity index (χ3n) is 2.14. The molecule has 0 radical (unpaired) electrons. The van der Waals surface area contributed by atoms with E-state index in [-0.39, 0.29) is 0 Å². The molecule has 16 heavy (non-hydrogen) atoms. The number of hydrogen-bond donors (Lipinski definition) is 1. The van der Waals surface area contributed by atoms with Gasteiger partial charge in [-0.1, -0.05) is 22.9 Å². The highest BCUT2D eigenvalue weighted by atomic mass is 35.5. The molecule has 0 atom stereocenters. The first-order valence-electron chi connectivity index (χ1n) is 5.00. The van der Waals surface area contributed by atoms with Crippen LogP contribution >= 0.6 is 11.6 Å². The van der Waals surface area contributed by atoms with Crippen molar-refractivity contribution in [3.05, 3.63) is 41.4 Å². The smallest absolute Gasteiger partial charge is 0.133 e. The lowest BCUT2D eigenvalue weighted by Crippen LogP contribution is -2.20. The number of pyridine rings is 1. The van der Waals surface area contributed by atoms with Crippen molar-refractivity contribution in [2.45, 2.75) is 13.1 Å². The molecule has 0 fully saturated rings. The first-order chi connectivity index (χ1) is 7.86. The Bertz CT molecular complexity index is 429. The first kappa shape index (κ1) is 11.0. The van der Waals surface area contributed by atoms with Crippen LogP contribution in [0.1, 0.15) is 5.56 Å². The van der Waals surface area contributed by atoms with Crippen LogP contribution in [-0.2, 0) is 13.1 Å². The van der Waals surface area contributed by atoms with Gasteiger partial charge < -0.3 is 5.32 Å². The van der Waals surface area contributed by atoms with E-state index in [1.165, 1.54) is 0 Å². The maximum Gasteiger partial charge on any atom is 0.133 e. The van der Waals surface area contributed by atoms with E-state index in [0.29, 0.717) is 11.7 Å². The quantitative estimate of drug-likeness (QED) is 0.626. The van der Waals surface area contributed by atoms with Crippen molar-refractivity contribution in [3.8, 4) is 0 Å². The molecular formula is C10H12ClN5. The van der Waals surface area contributed by atoms with E-state index in [1.807, 2.05) is 18.3 Å². The molecule has 0 saturated carbocycles. The molecule has 84 valence electrons. The van der Waals surface area contributed by atoms with Crippen LogP contribution < -0.4 is 5.32 Å². The first-order valence-corrected chi connectivity index (χ1v) is 5.38. The second-order valence-electron chi connectivity index (χ2n) is 3.30. The minimum absolute atomic E-state index is 0.552. The summed E-state index contributed by atoms with van der Waals surface area (Å²) in [6.45, 7) is 2.31. The van der Waals surface area contributed by atoms with Crippen LogP contribution in [0, 0.1) is 0 Å². The summed E-state index contributed by atoms with van der Waals surface area (Å²) in [7, 11) is 0. The Morgan fingerprint density at radius 2 is 2.31 bits per heavy atom. The van der Waals surface area contributed by atoms with Gasteiger partial charge in [-0.2, -0.15) is 0 Å². The third kappa shape index (κ3) is 3.01. The van der Waals surface area contributed by atoms with Crippen LogP contribution in [0.15, 0.2) is 30.7 Å². The molecule has 1 N–H and O–H groups in total. The minimum atomic E-state index is 0.552. The van der Waals surface area contributed by atoms with Gasteiger partial charge in [-0.25, -0.2) is 4.98 Å². The van der Waals surface area contributed by atoms with E-state index in [4.69, 9.17) is 11.6 Å². The van der Waals surface area contributed by atoms with E-state index in [2.05, 4.69) is 20.6 Å². The number of halogens is 1. The summed E-state index contributed by atoms with van der Waals surface area (Å²) in [6.07, 6.45) is 5.18. The molecule has 6 heteroatoms. The molecule has 0 aliphatic heterocycles. The summed E-state index contributed by atoms with van der Waals surface area (Å²) in [5, 5.41) is 11.4. The molecule has 0 saturated heterocycles. The van der Waals surface area contributed by atoms with E-state index in [9.17, 15) is 0 Å². The number of rotatable bonds is 5. The molecule has 2 aromatic heterocycles. The van der Waals surface area contributed by atoms with Gasteiger partial charge in [0.15, 0.2) is 0 Å². The molecule has 0 aromatic carbocycles. The molecule has 2 heterocycles. The van der Waals surface area contributed by atoms with Gasteiger partial charge in [-0.15, -0.1) is 5.10 Å². The Morgan fingerprint density at radius 3 is 3.06 bits per heavy atom. The summed E-state index contributed by atoms with van der Waals surface area (Å²) in [5.41, 5.74) is 1.00. The maximum absolute atomic E-state index is 5.92. The normalized spacial score (nSPS) is 10.6. The molecule has 0 aliphatic carbocycles. The van der Waals surface area contributed by atoms with Gasteiger partial charge in [-0.3, -0.25) is 4.68 Å². The summed E-state index contributed by atoms with van der Waals surface area (Å²) < 4.78 is 1.78. The predicted octanol–water partition coefficient (Wildman–Crippen LogP) is 1.12. The zero-order valence-corrected chi connectivity index (χ0v) is 9.43. The molecule has 0 unspecified atom stereocenters. The fourth-order valence-electron chi connectivity index (χ4n) is 1.32. The molecular weight excluding hydrogens is 226 g/mol. The molecule has 0 amide bonds. The van der Waals surface area contributed by atoms with Gasteiger partial charge in [0.25, 0.3) is 0 Å². The van der Waals surface area contributed by atoms with E-state index in [0.717, 1.165) is 18.7 Å². The summed E-state index contributed by atoms with van der Waals surface area (Å²) >= 11 is 5.92. The lowest BCUT2D eigenvalue weighted by atomic mass is 10.3. The van der Waals surface area contributed by atoms with E-state index < -0.39 is 0 Å². The van der Waals surface area contributed by atoms with Gasteiger partial charge in [0.2, 0.25) is 0 Å². The summed E-state index contributed by atoms with van der Waals surface area (Å²) in [5.74, 6) is 0. The highest BCUT2D eigenvalue weighted by Gasteiger charge is 1.99. The molecule has 0 bridgehead atoms. The number of hydrogen-bond acceptors (Lipinski definition) is 4. The van der Waals surface area contributed by atoms with Crippen LogP contribution in [0.4, 0.5) is 0 Å². The highest BCUT2D eigenvalue weighted by molar-refractivity contribution is 6.30. The maximum atomic E-state index is 5.92. The average Bonchev–Trinajstić information content (AvgIpc) is 2.79. The van der Waals surface area contributed by atoms with Crippen LogP contribution in [0.2, 0.25) is 5.15 Å². The van der Waals surface area contributed by atoms with Gasteiger partial charge in [0, 0.05) is 31.0 Å². The van der Waals surface area contributed by atoms with E-state index in [1.54, 1.807) is 17.1 Å². The zero-order chi connectivity index (χ0) is 11.2. The Balaban J connectivity index is 1.74. The Morgan fingerprint density at radius 1 is 1.38 bits per heavy atom. The van der Waals surface area contributed by atoms with Gasteiger partial charge >= 0.3 is 0 Å². The van der Waals surface area contributed by atoms with Crippen molar-refractivity contribution >= 4 is 11.6 Å². The van der Waals surface area contributed by atoms with Gasteiger partial charge in [0.05, 0.1) is 12.7 Å². The largest absolute Gasteiger partial charge is 0.311 e. The van der Waals surface area contributed by atoms with Crippen molar-refractivity contribution in [2.75, 3.05) is 6.54 Å². The molecule has 0 spiro atoms. The van der Waals surface area contributed by atoms with Crippen molar-refractivity contribution < 1.29 is 0 Å². The molecule has 5 nitrogen and oxygen atoms in total. The van der Waals surface area contributed by atoms with Crippen molar-refractivity contribution in [3.63, 3.8) is 0 Å². The highest BCUT2D eigenvalue weighted by Crippen LogP contribution is 2.10. The Labute approximate surface area is 98.5 Å². The van der Waals surface area contributed by atoms with Gasteiger partial charge in [0.1, 0.15) is 5.15 Å². The van der Waals surface area contributed by atoms with Crippen molar-refractivity contribution in [1.29, 1.82) is 0 Å². The van der Waals surface area contributed by atoms with Crippen LogP contribution in [0.25, 0.3) is 0 Å². The number of nitrogens with zero attached hydrogens (tertiary/aromatic N) is 4. The van der Waals surface area contributed by atoms with Crippen LogP contribution in [-0.4, -0.2) is 26.5 Å². The Kier molecular flexibility index (Phi) is 3.85. The lowest BCUT2D eigenvalue weighted by molar-refractivity contribution is 0.540. The Hall–Kier alpha value is -1.46. The summed E-state index contributed by atoms with van der Waals surface area (Å²) in [6, 6.07) is 3.83. The molecule has 0 aliphatic rings.